The number of hydrogen-bond donors (Lipinski definition) is 1. The highest BCUT2D eigenvalue weighted by molar-refractivity contribution is 7.89. The summed E-state index contributed by atoms with van der Waals surface area (Å²) < 4.78 is 33.2. The molecule has 1 amide bonds. The normalized spacial score (nSPS) is 14.9. The molecule has 1 fully saturated rings. The molecule has 0 heterocycles. The van der Waals surface area contributed by atoms with Crippen molar-refractivity contribution >= 4 is 15.9 Å². The van der Waals surface area contributed by atoms with E-state index in [0.717, 1.165) is 42.6 Å². The van der Waals surface area contributed by atoms with Crippen LogP contribution in [-0.4, -0.2) is 39.4 Å². The molecule has 31 heavy (non-hydrogen) atoms. The predicted octanol–water partition coefficient (Wildman–Crippen LogP) is 3.90. The van der Waals surface area contributed by atoms with E-state index in [2.05, 4.69) is 4.72 Å². The number of nitrogens with zero attached hydrogens (tertiary/aromatic N) is 1. The van der Waals surface area contributed by atoms with Gasteiger partial charge in [-0.15, -0.1) is 0 Å². The average Bonchev–Trinajstić information content (AvgIpc) is 2.78. The van der Waals surface area contributed by atoms with Crippen LogP contribution in [-0.2, 0) is 27.8 Å². The van der Waals surface area contributed by atoms with Gasteiger partial charge in [0.1, 0.15) is 5.75 Å². The third-order valence-electron chi connectivity index (χ3n) is 5.79. The summed E-state index contributed by atoms with van der Waals surface area (Å²) in [6.45, 7) is 0.535. The number of methoxy groups -OCH3 is 1. The third-order valence-corrected chi connectivity index (χ3v) is 7.33. The van der Waals surface area contributed by atoms with E-state index in [9.17, 15) is 13.2 Å². The predicted molar refractivity (Wildman–Crippen MR) is 121 cm³/mol. The quantitative estimate of drug-likeness (QED) is 0.637. The monoisotopic (exact) mass is 444 g/mol. The van der Waals surface area contributed by atoms with Crippen molar-refractivity contribution in [1.82, 2.24) is 9.62 Å². The molecule has 1 aliphatic carbocycles. The molecule has 1 N–H and O–H groups in total. The maximum Gasteiger partial charge on any atom is 0.240 e. The molecule has 0 saturated heterocycles. The molecule has 0 unspecified atom stereocenters. The van der Waals surface area contributed by atoms with Crippen molar-refractivity contribution < 1.29 is 17.9 Å². The van der Waals surface area contributed by atoms with Crippen molar-refractivity contribution in [1.29, 1.82) is 0 Å². The number of carbonyl (C=O) groups excluding carboxylic acids is 1. The molecule has 1 aliphatic rings. The van der Waals surface area contributed by atoms with Crippen LogP contribution in [0.25, 0.3) is 0 Å². The number of ether oxygens (including phenoxy) is 1. The molecular formula is C24H32N2O4S. The number of amides is 1. The Hall–Kier alpha value is -2.38. The molecule has 0 bridgehead atoms. The Balaban J connectivity index is 1.50. The Kier molecular flexibility index (Phi) is 8.09. The Labute approximate surface area is 185 Å². The highest BCUT2D eigenvalue weighted by Gasteiger charge is 2.21. The van der Waals surface area contributed by atoms with E-state index in [0.29, 0.717) is 19.4 Å². The standard InChI is InChI=1S/C24H32N2O4S/c1-26(18-20-8-13-22(30-2)14-9-20)24(27)17-12-19-10-15-23(16-11-19)31(28,29)25-21-6-4-3-5-7-21/h8-11,13-16,21,25H,3-7,12,17-18H2,1-2H3. The van der Waals surface area contributed by atoms with Gasteiger partial charge in [0.05, 0.1) is 12.0 Å². The number of carbonyl (C=O) groups is 1. The van der Waals surface area contributed by atoms with E-state index in [-0.39, 0.29) is 16.8 Å². The van der Waals surface area contributed by atoms with Crippen LogP contribution in [0.2, 0.25) is 0 Å². The lowest BCUT2D eigenvalue weighted by Crippen LogP contribution is -2.36. The van der Waals surface area contributed by atoms with Crippen molar-refractivity contribution in [3.8, 4) is 5.75 Å². The highest BCUT2D eigenvalue weighted by Crippen LogP contribution is 2.20. The van der Waals surface area contributed by atoms with Crippen molar-refractivity contribution in [2.45, 2.75) is 62.4 Å². The minimum absolute atomic E-state index is 0.0392. The van der Waals surface area contributed by atoms with Gasteiger partial charge in [-0.3, -0.25) is 4.79 Å². The van der Waals surface area contributed by atoms with Gasteiger partial charge in [0.2, 0.25) is 15.9 Å². The SMILES string of the molecule is COc1ccc(CN(C)C(=O)CCc2ccc(S(=O)(=O)NC3CCCCC3)cc2)cc1. The zero-order valence-corrected chi connectivity index (χ0v) is 19.2. The van der Waals surface area contributed by atoms with Gasteiger partial charge in [-0.25, -0.2) is 13.1 Å². The molecule has 6 nitrogen and oxygen atoms in total. The molecule has 168 valence electrons. The van der Waals surface area contributed by atoms with E-state index in [1.165, 1.54) is 6.42 Å². The maximum atomic E-state index is 12.6. The van der Waals surface area contributed by atoms with Crippen LogP contribution in [0.4, 0.5) is 0 Å². The van der Waals surface area contributed by atoms with E-state index < -0.39 is 10.0 Å². The number of hydrogen-bond acceptors (Lipinski definition) is 4. The van der Waals surface area contributed by atoms with Gasteiger partial charge in [0, 0.05) is 26.1 Å². The third kappa shape index (κ3) is 6.80. The van der Waals surface area contributed by atoms with Crippen molar-refractivity contribution in [3.05, 3.63) is 59.7 Å². The van der Waals surface area contributed by atoms with Gasteiger partial charge in [-0.1, -0.05) is 43.5 Å². The van der Waals surface area contributed by atoms with Crippen LogP contribution in [0, 0.1) is 0 Å². The number of nitrogens with one attached hydrogen (secondary N) is 1. The second kappa shape index (κ2) is 10.8. The lowest BCUT2D eigenvalue weighted by Gasteiger charge is -2.22. The molecule has 0 atom stereocenters. The maximum absolute atomic E-state index is 12.6. The highest BCUT2D eigenvalue weighted by atomic mass is 32.2. The smallest absolute Gasteiger partial charge is 0.240 e. The van der Waals surface area contributed by atoms with Crippen LogP contribution >= 0.6 is 0 Å². The first-order valence-corrected chi connectivity index (χ1v) is 12.3. The van der Waals surface area contributed by atoms with Crippen molar-refractivity contribution in [2.75, 3.05) is 14.2 Å². The van der Waals surface area contributed by atoms with Gasteiger partial charge in [-0.05, 0) is 54.7 Å². The molecule has 0 spiro atoms. The molecule has 1 saturated carbocycles. The van der Waals surface area contributed by atoms with E-state index >= 15 is 0 Å². The molecule has 0 aliphatic heterocycles. The van der Waals surface area contributed by atoms with E-state index in [1.54, 1.807) is 43.3 Å². The Bertz CT molecular complexity index is 950. The molecule has 7 heteroatoms. The fourth-order valence-electron chi connectivity index (χ4n) is 3.88. The first kappa shape index (κ1) is 23.3. The summed E-state index contributed by atoms with van der Waals surface area (Å²) in [6, 6.07) is 14.6. The van der Waals surface area contributed by atoms with Crippen LogP contribution < -0.4 is 9.46 Å². The zero-order chi connectivity index (χ0) is 22.3. The van der Waals surface area contributed by atoms with Gasteiger partial charge >= 0.3 is 0 Å². The van der Waals surface area contributed by atoms with E-state index in [1.807, 2.05) is 24.3 Å². The molecule has 2 aromatic rings. The summed E-state index contributed by atoms with van der Waals surface area (Å²) in [5.74, 6) is 0.837. The van der Waals surface area contributed by atoms with Gasteiger partial charge in [0.15, 0.2) is 0 Å². The summed E-state index contributed by atoms with van der Waals surface area (Å²) in [5.41, 5.74) is 1.99. The molecule has 0 aromatic heterocycles. The number of aryl methyl sites for hydroxylation is 1. The zero-order valence-electron chi connectivity index (χ0n) is 18.3. The Morgan fingerprint density at radius 1 is 1.00 bits per heavy atom. The minimum Gasteiger partial charge on any atom is -0.497 e. The minimum atomic E-state index is -3.50. The lowest BCUT2D eigenvalue weighted by atomic mass is 9.96. The lowest BCUT2D eigenvalue weighted by molar-refractivity contribution is -0.130. The Morgan fingerprint density at radius 2 is 1.61 bits per heavy atom. The van der Waals surface area contributed by atoms with Gasteiger partial charge < -0.3 is 9.64 Å². The van der Waals surface area contributed by atoms with Crippen LogP contribution in [0.15, 0.2) is 53.4 Å². The van der Waals surface area contributed by atoms with Gasteiger partial charge in [0.25, 0.3) is 0 Å². The molecule has 3 rings (SSSR count). The number of rotatable bonds is 9. The van der Waals surface area contributed by atoms with E-state index in [4.69, 9.17) is 4.74 Å². The summed E-state index contributed by atoms with van der Waals surface area (Å²) in [5, 5.41) is 0. The Morgan fingerprint density at radius 3 is 2.23 bits per heavy atom. The fraction of sp³-hybridized carbons (Fsp3) is 0.458. The van der Waals surface area contributed by atoms with Gasteiger partial charge in [-0.2, -0.15) is 0 Å². The van der Waals surface area contributed by atoms with Crippen molar-refractivity contribution in [2.24, 2.45) is 0 Å². The first-order chi connectivity index (χ1) is 14.9. The first-order valence-electron chi connectivity index (χ1n) is 10.9. The average molecular weight is 445 g/mol. The van der Waals surface area contributed by atoms with Crippen molar-refractivity contribution in [3.63, 3.8) is 0 Å². The molecular weight excluding hydrogens is 412 g/mol. The number of benzene rings is 2. The molecule has 2 aromatic carbocycles. The fourth-order valence-corrected chi connectivity index (χ4v) is 5.18. The summed E-state index contributed by atoms with van der Waals surface area (Å²) >= 11 is 0. The van der Waals surface area contributed by atoms with Crippen LogP contribution in [0.5, 0.6) is 5.75 Å². The topological polar surface area (TPSA) is 75.7 Å². The van der Waals surface area contributed by atoms with Crippen LogP contribution in [0.3, 0.4) is 0 Å². The summed E-state index contributed by atoms with van der Waals surface area (Å²) in [7, 11) is -0.0794. The second-order valence-corrected chi connectivity index (χ2v) is 9.91. The molecule has 0 radical (unpaired) electrons. The van der Waals surface area contributed by atoms with Crippen LogP contribution in [0.1, 0.15) is 49.7 Å². The summed E-state index contributed by atoms with van der Waals surface area (Å²) in [6.07, 6.45) is 6.09. The second-order valence-electron chi connectivity index (χ2n) is 8.20. The summed E-state index contributed by atoms with van der Waals surface area (Å²) in [4.78, 5) is 14.5. The largest absolute Gasteiger partial charge is 0.497 e. The number of sulfonamides is 1.